The molecule has 0 saturated heterocycles. The minimum Gasteiger partial charge on any atom is -0.312 e. The van der Waals surface area contributed by atoms with E-state index in [0.717, 1.165) is 13.0 Å². The fourth-order valence-electron chi connectivity index (χ4n) is 1.05. The quantitative estimate of drug-likeness (QED) is 0.744. The Balaban J connectivity index is 2.30. The highest BCUT2D eigenvalue weighted by Gasteiger charge is 2.05. The first kappa shape index (κ1) is 10.2. The maximum atomic E-state index is 4.09. The van der Waals surface area contributed by atoms with Crippen LogP contribution in [0.25, 0.3) is 0 Å². The van der Waals surface area contributed by atoms with Crippen molar-refractivity contribution in [1.82, 2.24) is 20.1 Å². The Kier molecular flexibility index (Phi) is 3.89. The van der Waals surface area contributed by atoms with Crippen LogP contribution in [0.2, 0.25) is 0 Å². The summed E-state index contributed by atoms with van der Waals surface area (Å²) in [6.45, 7) is 7.44. The standard InChI is InChI=1S/C9H18N4/c1-4-8(2)11-5-9(3)13-7-10-6-12-13/h6-9,11H,4-5H2,1-3H3. The van der Waals surface area contributed by atoms with E-state index in [-0.39, 0.29) is 0 Å². The van der Waals surface area contributed by atoms with Crippen molar-refractivity contribution >= 4 is 0 Å². The molecule has 0 aliphatic heterocycles. The first-order chi connectivity index (χ1) is 6.24. The zero-order valence-corrected chi connectivity index (χ0v) is 8.57. The third-order valence-corrected chi connectivity index (χ3v) is 2.26. The fourth-order valence-corrected chi connectivity index (χ4v) is 1.05. The zero-order valence-electron chi connectivity index (χ0n) is 8.57. The van der Waals surface area contributed by atoms with Crippen LogP contribution in [0, 0.1) is 0 Å². The van der Waals surface area contributed by atoms with E-state index in [1.807, 2.05) is 4.68 Å². The smallest absolute Gasteiger partial charge is 0.137 e. The van der Waals surface area contributed by atoms with E-state index in [9.17, 15) is 0 Å². The Morgan fingerprint density at radius 2 is 2.23 bits per heavy atom. The predicted octanol–water partition coefficient (Wildman–Crippen LogP) is 1.23. The minimum absolute atomic E-state index is 0.372. The summed E-state index contributed by atoms with van der Waals surface area (Å²) in [7, 11) is 0. The summed E-state index contributed by atoms with van der Waals surface area (Å²) in [5, 5.41) is 7.52. The second-order valence-corrected chi connectivity index (χ2v) is 3.44. The van der Waals surface area contributed by atoms with Gasteiger partial charge in [0.1, 0.15) is 12.7 Å². The number of aromatic nitrogens is 3. The second-order valence-electron chi connectivity index (χ2n) is 3.44. The van der Waals surface area contributed by atoms with Crippen molar-refractivity contribution in [3.05, 3.63) is 12.7 Å². The molecule has 2 atom stereocenters. The Morgan fingerprint density at radius 1 is 1.46 bits per heavy atom. The Bertz CT molecular complexity index is 220. The van der Waals surface area contributed by atoms with E-state index in [4.69, 9.17) is 0 Å². The van der Waals surface area contributed by atoms with Gasteiger partial charge in [0.05, 0.1) is 6.04 Å². The number of nitrogens with one attached hydrogen (secondary N) is 1. The molecule has 4 nitrogen and oxygen atoms in total. The molecule has 0 amide bonds. The second kappa shape index (κ2) is 4.97. The SMILES string of the molecule is CCC(C)NCC(C)n1cncn1. The third-order valence-electron chi connectivity index (χ3n) is 2.26. The van der Waals surface area contributed by atoms with E-state index in [2.05, 4.69) is 36.2 Å². The van der Waals surface area contributed by atoms with Crippen LogP contribution in [0.1, 0.15) is 33.2 Å². The summed E-state index contributed by atoms with van der Waals surface area (Å²) in [4.78, 5) is 3.91. The molecule has 13 heavy (non-hydrogen) atoms. The lowest BCUT2D eigenvalue weighted by molar-refractivity contribution is 0.418. The molecule has 1 N–H and O–H groups in total. The largest absolute Gasteiger partial charge is 0.312 e. The van der Waals surface area contributed by atoms with Gasteiger partial charge in [0, 0.05) is 12.6 Å². The van der Waals surface area contributed by atoms with Crippen LogP contribution in [0.15, 0.2) is 12.7 Å². The summed E-state index contributed by atoms with van der Waals surface area (Å²) in [6.07, 6.45) is 4.48. The van der Waals surface area contributed by atoms with Crippen LogP contribution >= 0.6 is 0 Å². The van der Waals surface area contributed by atoms with Crippen molar-refractivity contribution in [3.63, 3.8) is 0 Å². The van der Waals surface area contributed by atoms with E-state index in [0.29, 0.717) is 12.1 Å². The lowest BCUT2D eigenvalue weighted by Crippen LogP contribution is -2.31. The van der Waals surface area contributed by atoms with Gasteiger partial charge in [-0.2, -0.15) is 5.10 Å². The van der Waals surface area contributed by atoms with E-state index < -0.39 is 0 Å². The molecule has 1 rings (SSSR count). The molecule has 0 aliphatic carbocycles. The molecule has 0 spiro atoms. The Labute approximate surface area is 79.4 Å². The maximum absolute atomic E-state index is 4.09. The highest BCUT2D eigenvalue weighted by Crippen LogP contribution is 2.00. The van der Waals surface area contributed by atoms with Gasteiger partial charge in [-0.15, -0.1) is 0 Å². The van der Waals surface area contributed by atoms with Gasteiger partial charge in [-0.05, 0) is 20.3 Å². The molecule has 1 aromatic rings. The highest BCUT2D eigenvalue weighted by atomic mass is 15.3. The lowest BCUT2D eigenvalue weighted by Gasteiger charge is -2.16. The molecule has 0 radical (unpaired) electrons. The lowest BCUT2D eigenvalue weighted by atomic mass is 10.2. The summed E-state index contributed by atoms with van der Waals surface area (Å²) < 4.78 is 1.87. The molecule has 2 unspecified atom stereocenters. The van der Waals surface area contributed by atoms with Crippen LogP contribution < -0.4 is 5.32 Å². The number of hydrogen-bond acceptors (Lipinski definition) is 3. The number of rotatable bonds is 5. The van der Waals surface area contributed by atoms with Crippen molar-refractivity contribution < 1.29 is 0 Å². The van der Waals surface area contributed by atoms with Crippen molar-refractivity contribution in [1.29, 1.82) is 0 Å². The minimum atomic E-state index is 0.372. The average Bonchev–Trinajstić information content (AvgIpc) is 2.66. The topological polar surface area (TPSA) is 42.7 Å². The van der Waals surface area contributed by atoms with Crippen LogP contribution in [0.4, 0.5) is 0 Å². The van der Waals surface area contributed by atoms with Crippen molar-refractivity contribution in [2.45, 2.75) is 39.3 Å². The van der Waals surface area contributed by atoms with Crippen LogP contribution in [-0.2, 0) is 0 Å². The third kappa shape index (κ3) is 3.14. The first-order valence-electron chi connectivity index (χ1n) is 4.81. The van der Waals surface area contributed by atoms with Gasteiger partial charge in [0.25, 0.3) is 0 Å². The molecular weight excluding hydrogens is 164 g/mol. The van der Waals surface area contributed by atoms with E-state index in [1.54, 1.807) is 12.7 Å². The zero-order chi connectivity index (χ0) is 9.68. The van der Waals surface area contributed by atoms with Crippen LogP contribution in [0.3, 0.4) is 0 Å². The number of hydrogen-bond donors (Lipinski definition) is 1. The molecule has 4 heteroatoms. The van der Waals surface area contributed by atoms with Gasteiger partial charge in [0.15, 0.2) is 0 Å². The number of nitrogens with zero attached hydrogens (tertiary/aromatic N) is 3. The Morgan fingerprint density at radius 3 is 2.77 bits per heavy atom. The molecule has 1 heterocycles. The molecule has 0 saturated carbocycles. The van der Waals surface area contributed by atoms with Gasteiger partial charge < -0.3 is 5.32 Å². The monoisotopic (exact) mass is 182 g/mol. The predicted molar refractivity (Wildman–Crippen MR) is 52.5 cm³/mol. The van der Waals surface area contributed by atoms with Crippen molar-refractivity contribution in [2.75, 3.05) is 6.54 Å². The molecule has 0 fully saturated rings. The average molecular weight is 182 g/mol. The van der Waals surface area contributed by atoms with Gasteiger partial charge in [-0.3, -0.25) is 0 Å². The first-order valence-corrected chi connectivity index (χ1v) is 4.81. The molecule has 74 valence electrons. The van der Waals surface area contributed by atoms with Crippen molar-refractivity contribution in [3.8, 4) is 0 Å². The normalized spacial score (nSPS) is 15.6. The van der Waals surface area contributed by atoms with E-state index in [1.165, 1.54) is 0 Å². The van der Waals surface area contributed by atoms with Crippen LogP contribution in [-0.4, -0.2) is 27.4 Å². The summed E-state index contributed by atoms with van der Waals surface area (Å²) >= 11 is 0. The molecule has 1 aromatic heterocycles. The Hall–Kier alpha value is -0.900. The highest BCUT2D eigenvalue weighted by molar-refractivity contribution is 4.68. The van der Waals surface area contributed by atoms with Gasteiger partial charge >= 0.3 is 0 Å². The molecule has 0 aromatic carbocycles. The van der Waals surface area contributed by atoms with Crippen molar-refractivity contribution in [2.24, 2.45) is 0 Å². The van der Waals surface area contributed by atoms with E-state index >= 15 is 0 Å². The van der Waals surface area contributed by atoms with Gasteiger partial charge in [-0.25, -0.2) is 9.67 Å². The summed E-state index contributed by atoms with van der Waals surface area (Å²) in [6, 6.07) is 0.947. The van der Waals surface area contributed by atoms with Gasteiger partial charge in [0.2, 0.25) is 0 Å². The van der Waals surface area contributed by atoms with Crippen LogP contribution in [0.5, 0.6) is 0 Å². The molecular formula is C9H18N4. The maximum Gasteiger partial charge on any atom is 0.137 e. The summed E-state index contributed by atoms with van der Waals surface area (Å²) in [5.74, 6) is 0. The van der Waals surface area contributed by atoms with Gasteiger partial charge in [-0.1, -0.05) is 6.92 Å². The fraction of sp³-hybridized carbons (Fsp3) is 0.778. The summed E-state index contributed by atoms with van der Waals surface area (Å²) in [5.41, 5.74) is 0. The molecule has 0 bridgehead atoms. The molecule has 0 aliphatic rings.